The van der Waals surface area contributed by atoms with Gasteiger partial charge in [0.1, 0.15) is 0 Å². The molecule has 1 heteroatoms. The van der Waals surface area contributed by atoms with Gasteiger partial charge in [-0.05, 0) is 5.41 Å². The van der Waals surface area contributed by atoms with Gasteiger partial charge in [-0.25, -0.2) is 0 Å². The summed E-state index contributed by atoms with van der Waals surface area (Å²) in [7, 11) is 0. The maximum atomic E-state index is 3.55. The molecule has 0 saturated carbocycles. The molecule has 0 radical (unpaired) electrons. The first-order chi connectivity index (χ1) is 3.33. The van der Waals surface area contributed by atoms with Gasteiger partial charge in [0, 0.05) is 0 Å². The molecule has 0 nitrogen and oxygen atoms in total. The highest BCUT2D eigenvalue weighted by molar-refractivity contribution is 7.83. The van der Waals surface area contributed by atoms with Crippen molar-refractivity contribution in [3.8, 4) is 0 Å². The Labute approximate surface area is 52.0 Å². The van der Waals surface area contributed by atoms with Crippen molar-refractivity contribution in [2.45, 2.75) is 26.7 Å². The van der Waals surface area contributed by atoms with Gasteiger partial charge in [-0.2, -0.15) is 12.6 Å². The second-order valence-electron chi connectivity index (χ2n) is 1.18. The van der Waals surface area contributed by atoms with Crippen LogP contribution in [0.15, 0.2) is 12.0 Å². The van der Waals surface area contributed by atoms with Gasteiger partial charge in [0.15, 0.2) is 0 Å². The van der Waals surface area contributed by atoms with Crippen molar-refractivity contribution in [1.82, 2.24) is 0 Å². The van der Waals surface area contributed by atoms with Gasteiger partial charge in [-0.15, -0.1) is 0 Å². The first-order valence-electron chi connectivity index (χ1n) is 2.58. The van der Waals surface area contributed by atoms with Crippen LogP contribution >= 0.6 is 12.6 Å². The molecule has 0 amide bonds. The molecule has 0 aromatic rings. The van der Waals surface area contributed by atoms with Crippen LogP contribution < -0.4 is 0 Å². The van der Waals surface area contributed by atoms with Crippen molar-refractivity contribution in [1.29, 1.82) is 0 Å². The van der Waals surface area contributed by atoms with Crippen LogP contribution in [0.4, 0.5) is 0 Å². The number of thiol groups is 1. The molecular formula is C6H14S. The Balaban J connectivity index is 0. The minimum Gasteiger partial charge on any atom is -0.152 e. The van der Waals surface area contributed by atoms with E-state index in [0.29, 0.717) is 0 Å². The summed E-state index contributed by atoms with van der Waals surface area (Å²) in [5, 5.41) is 1.44. The van der Waals surface area contributed by atoms with Crippen LogP contribution in [0.3, 0.4) is 0 Å². The van der Waals surface area contributed by atoms with E-state index in [1.807, 2.05) is 0 Å². The fraction of sp³-hybridized carbons (Fsp3) is 0.667. The van der Waals surface area contributed by atoms with Crippen LogP contribution in [0.1, 0.15) is 26.7 Å². The van der Waals surface area contributed by atoms with E-state index in [1.165, 1.54) is 18.2 Å². The van der Waals surface area contributed by atoms with Gasteiger partial charge in [0.05, 0.1) is 0 Å². The van der Waals surface area contributed by atoms with Crippen LogP contribution in [-0.4, -0.2) is 0 Å². The lowest BCUT2D eigenvalue weighted by atomic mass is 10.4. The van der Waals surface area contributed by atoms with Crippen molar-refractivity contribution < 1.29 is 0 Å². The molecule has 0 unspecified atom stereocenters. The number of hydrogen-bond acceptors (Lipinski definition) is 1. The van der Waals surface area contributed by atoms with Crippen molar-refractivity contribution in [2.24, 2.45) is 0 Å². The largest absolute Gasteiger partial charge is 0.152 e. The lowest BCUT2D eigenvalue weighted by Gasteiger charge is -1.68. The lowest BCUT2D eigenvalue weighted by Crippen LogP contribution is -1.47. The van der Waals surface area contributed by atoms with E-state index >= 15 is 0 Å². The maximum absolute atomic E-state index is 3.55. The lowest BCUT2D eigenvalue weighted by molar-refractivity contribution is 0.886. The van der Waals surface area contributed by atoms with Crippen LogP contribution in [0.25, 0.3) is 0 Å². The standard InChI is InChI=1S/C4H10.C2H4S/c1-3-4-2;1-2-3/h3-4H2,1-2H3;2-3H,1H2. The Morgan fingerprint density at radius 3 is 1.57 bits per heavy atom. The number of rotatable bonds is 1. The highest BCUT2D eigenvalue weighted by Gasteiger charge is 1.56. The predicted molar refractivity (Wildman–Crippen MR) is 39.8 cm³/mol. The first-order valence-corrected chi connectivity index (χ1v) is 3.10. The third-order valence-corrected chi connectivity index (χ3v) is 0.500. The summed E-state index contributed by atoms with van der Waals surface area (Å²) in [6, 6.07) is 0. The molecule has 0 atom stereocenters. The molecule has 0 fully saturated rings. The molecular weight excluding hydrogens is 104 g/mol. The molecule has 0 aliphatic carbocycles. The molecule has 0 N–H and O–H groups in total. The third-order valence-electron chi connectivity index (χ3n) is 0.500. The van der Waals surface area contributed by atoms with Gasteiger partial charge >= 0.3 is 0 Å². The van der Waals surface area contributed by atoms with Crippen LogP contribution in [0, 0.1) is 0 Å². The van der Waals surface area contributed by atoms with Gasteiger partial charge in [-0.3, -0.25) is 0 Å². The maximum Gasteiger partial charge on any atom is -0.0396 e. The molecule has 44 valence electrons. The second kappa shape index (κ2) is 16.5. The zero-order valence-electron chi connectivity index (χ0n) is 5.15. The summed E-state index contributed by atoms with van der Waals surface area (Å²) in [6.07, 6.45) is 2.64. The Hall–Kier alpha value is 0.0900. The summed E-state index contributed by atoms with van der Waals surface area (Å²) >= 11 is 3.55. The second-order valence-corrected chi connectivity index (χ2v) is 1.55. The average Bonchev–Trinajstić information content (AvgIpc) is 1.69. The predicted octanol–water partition coefficient (Wildman–Crippen LogP) is 2.87. The van der Waals surface area contributed by atoms with Crippen molar-refractivity contribution in [3.05, 3.63) is 12.0 Å². The Morgan fingerprint density at radius 2 is 1.57 bits per heavy atom. The van der Waals surface area contributed by atoms with Gasteiger partial charge in [0.2, 0.25) is 0 Å². The van der Waals surface area contributed by atoms with Crippen molar-refractivity contribution in [3.63, 3.8) is 0 Å². The molecule has 0 rings (SSSR count). The van der Waals surface area contributed by atoms with E-state index in [9.17, 15) is 0 Å². The molecule has 0 aliphatic rings. The smallest absolute Gasteiger partial charge is 0.0396 e. The molecule has 0 aliphatic heterocycles. The molecule has 0 bridgehead atoms. The molecule has 0 spiro atoms. The number of unbranched alkanes of at least 4 members (excludes halogenated alkanes) is 1. The van der Waals surface area contributed by atoms with Gasteiger partial charge in [0.25, 0.3) is 0 Å². The molecule has 0 aromatic carbocycles. The SMILES string of the molecule is C=CS.CCCC. The highest BCUT2D eigenvalue weighted by Crippen LogP contribution is 1.76. The summed E-state index contributed by atoms with van der Waals surface area (Å²) in [5.74, 6) is 0. The molecule has 0 aromatic heterocycles. The first kappa shape index (κ1) is 10.1. The van der Waals surface area contributed by atoms with E-state index < -0.39 is 0 Å². The summed E-state index contributed by atoms with van der Waals surface area (Å²) in [6.45, 7) is 7.59. The fourth-order valence-electron chi connectivity index (χ4n) is 0. The average molecular weight is 118 g/mol. The zero-order valence-corrected chi connectivity index (χ0v) is 6.04. The minimum absolute atomic E-state index is 1.32. The van der Waals surface area contributed by atoms with Crippen LogP contribution in [-0.2, 0) is 0 Å². The van der Waals surface area contributed by atoms with E-state index in [0.717, 1.165) is 0 Å². The fourth-order valence-corrected chi connectivity index (χ4v) is 0. The Morgan fingerprint density at radius 1 is 1.43 bits per heavy atom. The third kappa shape index (κ3) is 85.7. The monoisotopic (exact) mass is 118 g/mol. The van der Waals surface area contributed by atoms with E-state index in [4.69, 9.17) is 0 Å². The number of hydrogen-bond donors (Lipinski definition) is 1. The van der Waals surface area contributed by atoms with Crippen molar-refractivity contribution in [2.75, 3.05) is 0 Å². The summed E-state index contributed by atoms with van der Waals surface area (Å²) in [5.41, 5.74) is 0. The van der Waals surface area contributed by atoms with E-state index in [1.54, 1.807) is 0 Å². The van der Waals surface area contributed by atoms with E-state index in [2.05, 4.69) is 33.1 Å². The summed E-state index contributed by atoms with van der Waals surface area (Å²) < 4.78 is 0. The molecule has 0 heterocycles. The van der Waals surface area contributed by atoms with Gasteiger partial charge < -0.3 is 0 Å². The van der Waals surface area contributed by atoms with E-state index in [-0.39, 0.29) is 0 Å². The topological polar surface area (TPSA) is 0 Å². The Kier molecular flexibility index (Phi) is 24.0. The normalized spacial score (nSPS) is 6.14. The summed E-state index contributed by atoms with van der Waals surface area (Å²) in [4.78, 5) is 0. The van der Waals surface area contributed by atoms with Crippen LogP contribution in [0.2, 0.25) is 0 Å². The van der Waals surface area contributed by atoms with Gasteiger partial charge in [-0.1, -0.05) is 33.3 Å². The quantitative estimate of drug-likeness (QED) is 0.503. The highest BCUT2D eigenvalue weighted by atomic mass is 32.1. The zero-order chi connectivity index (χ0) is 6.12. The molecule has 0 saturated heterocycles. The van der Waals surface area contributed by atoms with Crippen molar-refractivity contribution >= 4 is 12.6 Å². The molecule has 7 heavy (non-hydrogen) atoms. The van der Waals surface area contributed by atoms with Crippen LogP contribution in [0.5, 0.6) is 0 Å². The Bertz CT molecular complexity index is 23.4. The minimum atomic E-state index is 1.32.